The lowest BCUT2D eigenvalue weighted by molar-refractivity contribution is 0.232. The topological polar surface area (TPSA) is 51.1 Å². The van der Waals surface area contributed by atoms with Crippen LogP contribution in [-0.4, -0.2) is 28.1 Å². The van der Waals surface area contributed by atoms with Gasteiger partial charge >= 0.3 is 0 Å². The third kappa shape index (κ3) is 3.64. The largest absolute Gasteiger partial charge is 0.472 e. The molecule has 0 bridgehead atoms. The van der Waals surface area contributed by atoms with E-state index >= 15 is 0 Å². The molecule has 0 fully saturated rings. The molecule has 2 aromatic heterocycles. The smallest absolute Gasteiger partial charge is 0.257 e. The number of nitrogens with zero attached hydrogens (tertiary/aromatic N) is 4. The van der Waals surface area contributed by atoms with E-state index in [0.717, 1.165) is 16.5 Å². The molecule has 0 N–H and O–H groups in total. The van der Waals surface area contributed by atoms with E-state index in [2.05, 4.69) is 15.0 Å². The molecule has 0 unspecified atom stereocenters. The molecule has 0 radical (unpaired) electrons. The second kappa shape index (κ2) is 5.97. The summed E-state index contributed by atoms with van der Waals surface area (Å²) in [5.74, 6) is 1.30. The highest BCUT2D eigenvalue weighted by Gasteiger charge is 2.14. The first-order valence-electron chi connectivity index (χ1n) is 6.16. The number of hydrogen-bond donors (Lipinski definition) is 0. The monoisotopic (exact) mass is 278 g/mol. The van der Waals surface area contributed by atoms with Crippen LogP contribution < -0.4 is 9.64 Å². The van der Waals surface area contributed by atoms with E-state index in [4.69, 9.17) is 4.74 Å². The quantitative estimate of drug-likeness (QED) is 0.841. The minimum atomic E-state index is 0.0750. The van der Waals surface area contributed by atoms with Gasteiger partial charge in [0.25, 0.3) is 5.88 Å². The normalized spacial score (nSPS) is 10.8. The van der Waals surface area contributed by atoms with Crippen molar-refractivity contribution < 1.29 is 4.74 Å². The summed E-state index contributed by atoms with van der Waals surface area (Å²) in [5, 5.41) is 3.10. The molecule has 0 aliphatic carbocycles. The SMILES string of the molecule is Cc1csc(CN(C)c2nccnc2OC(C)C)n1. The molecular weight excluding hydrogens is 260 g/mol. The standard InChI is InChI=1S/C13H18N4OS/c1-9(2)18-13-12(14-5-6-15-13)17(4)7-11-16-10(3)8-19-11/h5-6,8-9H,7H2,1-4H3. The van der Waals surface area contributed by atoms with Gasteiger partial charge in [0.15, 0.2) is 5.82 Å². The second-order valence-electron chi connectivity index (χ2n) is 4.59. The maximum atomic E-state index is 5.68. The van der Waals surface area contributed by atoms with Crippen molar-refractivity contribution in [3.63, 3.8) is 0 Å². The van der Waals surface area contributed by atoms with Gasteiger partial charge in [-0.15, -0.1) is 11.3 Å². The maximum Gasteiger partial charge on any atom is 0.257 e. The van der Waals surface area contributed by atoms with Crippen LogP contribution in [0.2, 0.25) is 0 Å². The summed E-state index contributed by atoms with van der Waals surface area (Å²) in [6, 6.07) is 0. The van der Waals surface area contributed by atoms with Crippen molar-refractivity contribution in [2.24, 2.45) is 0 Å². The third-order valence-corrected chi connectivity index (χ3v) is 3.35. The van der Waals surface area contributed by atoms with Crippen LogP contribution in [0.15, 0.2) is 17.8 Å². The summed E-state index contributed by atoms with van der Waals surface area (Å²) >= 11 is 1.65. The number of ether oxygens (including phenoxy) is 1. The molecule has 0 saturated carbocycles. The zero-order valence-electron chi connectivity index (χ0n) is 11.6. The van der Waals surface area contributed by atoms with Gasteiger partial charge in [0.05, 0.1) is 12.6 Å². The van der Waals surface area contributed by atoms with E-state index in [1.165, 1.54) is 0 Å². The first kappa shape index (κ1) is 13.7. The van der Waals surface area contributed by atoms with Crippen molar-refractivity contribution in [1.29, 1.82) is 0 Å². The Balaban J connectivity index is 2.16. The fourth-order valence-corrected chi connectivity index (χ4v) is 2.46. The Bertz CT molecular complexity index is 541. The Morgan fingerprint density at radius 2 is 2.05 bits per heavy atom. The number of hydrogen-bond acceptors (Lipinski definition) is 6. The van der Waals surface area contributed by atoms with Crippen molar-refractivity contribution in [2.45, 2.75) is 33.4 Å². The zero-order valence-corrected chi connectivity index (χ0v) is 12.4. The lowest BCUT2D eigenvalue weighted by Gasteiger charge is -2.20. The van der Waals surface area contributed by atoms with Gasteiger partial charge in [-0.2, -0.15) is 0 Å². The van der Waals surface area contributed by atoms with Gasteiger partial charge in [-0.25, -0.2) is 15.0 Å². The highest BCUT2D eigenvalue weighted by molar-refractivity contribution is 7.09. The van der Waals surface area contributed by atoms with Crippen LogP contribution in [0.5, 0.6) is 5.88 Å². The summed E-state index contributed by atoms with van der Waals surface area (Å²) in [6.45, 7) is 6.65. The molecule has 0 spiro atoms. The molecule has 0 aliphatic heterocycles. The van der Waals surface area contributed by atoms with E-state index in [-0.39, 0.29) is 6.10 Å². The average molecular weight is 278 g/mol. The van der Waals surface area contributed by atoms with Crippen molar-refractivity contribution in [2.75, 3.05) is 11.9 Å². The zero-order chi connectivity index (χ0) is 13.8. The number of rotatable bonds is 5. The summed E-state index contributed by atoms with van der Waals surface area (Å²) in [7, 11) is 1.97. The maximum absolute atomic E-state index is 5.68. The highest BCUT2D eigenvalue weighted by atomic mass is 32.1. The molecule has 19 heavy (non-hydrogen) atoms. The molecule has 0 amide bonds. The molecule has 0 aromatic carbocycles. The molecule has 0 aliphatic rings. The molecule has 2 rings (SSSR count). The van der Waals surface area contributed by atoms with E-state index < -0.39 is 0 Å². The molecule has 2 aromatic rings. The summed E-state index contributed by atoms with van der Waals surface area (Å²) in [4.78, 5) is 15.1. The summed E-state index contributed by atoms with van der Waals surface area (Å²) in [5.41, 5.74) is 1.05. The van der Waals surface area contributed by atoms with Crippen molar-refractivity contribution in [3.8, 4) is 5.88 Å². The van der Waals surface area contributed by atoms with Crippen molar-refractivity contribution in [3.05, 3.63) is 28.5 Å². The van der Waals surface area contributed by atoms with Gasteiger partial charge in [0.2, 0.25) is 0 Å². The molecule has 0 saturated heterocycles. The van der Waals surface area contributed by atoms with Gasteiger partial charge in [-0.05, 0) is 20.8 Å². The highest BCUT2D eigenvalue weighted by Crippen LogP contribution is 2.24. The number of aryl methyl sites for hydroxylation is 1. The predicted molar refractivity (Wildman–Crippen MR) is 76.8 cm³/mol. The number of thiazole rings is 1. The van der Waals surface area contributed by atoms with Gasteiger partial charge < -0.3 is 9.64 Å². The predicted octanol–water partition coefficient (Wildman–Crippen LogP) is 2.67. The van der Waals surface area contributed by atoms with Gasteiger partial charge in [0.1, 0.15) is 5.01 Å². The van der Waals surface area contributed by atoms with E-state index in [1.54, 1.807) is 23.7 Å². The average Bonchev–Trinajstić information content (AvgIpc) is 2.74. The Morgan fingerprint density at radius 3 is 2.68 bits per heavy atom. The van der Waals surface area contributed by atoms with Gasteiger partial charge in [-0.1, -0.05) is 0 Å². The fraction of sp³-hybridized carbons (Fsp3) is 0.462. The van der Waals surface area contributed by atoms with Gasteiger partial charge in [-0.3, -0.25) is 0 Å². The lowest BCUT2D eigenvalue weighted by Crippen LogP contribution is -2.20. The molecular formula is C13H18N4OS. The Morgan fingerprint density at radius 1 is 1.32 bits per heavy atom. The van der Waals surface area contributed by atoms with E-state index in [0.29, 0.717) is 12.4 Å². The summed E-state index contributed by atoms with van der Waals surface area (Å²) in [6.07, 6.45) is 3.39. The number of anilines is 1. The summed E-state index contributed by atoms with van der Waals surface area (Å²) < 4.78 is 5.68. The number of aromatic nitrogens is 3. The molecule has 5 nitrogen and oxygen atoms in total. The van der Waals surface area contributed by atoms with Crippen LogP contribution in [0.3, 0.4) is 0 Å². The van der Waals surface area contributed by atoms with Crippen molar-refractivity contribution in [1.82, 2.24) is 15.0 Å². The minimum absolute atomic E-state index is 0.0750. The van der Waals surface area contributed by atoms with Crippen LogP contribution in [0.4, 0.5) is 5.82 Å². The minimum Gasteiger partial charge on any atom is -0.472 e. The first-order chi connectivity index (χ1) is 9.06. The van der Waals surface area contributed by atoms with Crippen LogP contribution in [-0.2, 0) is 6.54 Å². The van der Waals surface area contributed by atoms with E-state index in [1.807, 2.05) is 38.1 Å². The van der Waals surface area contributed by atoms with Crippen molar-refractivity contribution >= 4 is 17.2 Å². The Labute approximate surface area is 117 Å². The van der Waals surface area contributed by atoms with Crippen LogP contribution in [0.25, 0.3) is 0 Å². The third-order valence-electron chi connectivity index (χ3n) is 2.39. The second-order valence-corrected chi connectivity index (χ2v) is 5.53. The fourth-order valence-electron chi connectivity index (χ4n) is 1.64. The molecule has 6 heteroatoms. The molecule has 2 heterocycles. The van der Waals surface area contributed by atoms with E-state index in [9.17, 15) is 0 Å². The Kier molecular flexibility index (Phi) is 4.31. The molecule has 0 atom stereocenters. The van der Waals surface area contributed by atoms with Crippen LogP contribution >= 0.6 is 11.3 Å². The first-order valence-corrected chi connectivity index (χ1v) is 7.04. The lowest BCUT2D eigenvalue weighted by atomic mass is 10.4. The van der Waals surface area contributed by atoms with Gasteiger partial charge in [0, 0.05) is 30.5 Å². The van der Waals surface area contributed by atoms with Crippen LogP contribution in [0, 0.1) is 6.92 Å². The van der Waals surface area contributed by atoms with Crippen LogP contribution in [0.1, 0.15) is 24.5 Å². The Hall–Kier alpha value is -1.69. The molecule has 102 valence electrons.